The highest BCUT2D eigenvalue weighted by Crippen LogP contribution is 3.00. The van der Waals surface area contributed by atoms with Gasteiger partial charge in [0, 0.05) is 0 Å². The third-order valence-corrected chi connectivity index (χ3v) is 731. The first kappa shape index (κ1) is 210. The van der Waals surface area contributed by atoms with Crippen molar-refractivity contribution in [2.45, 2.75) is 0 Å². The second kappa shape index (κ2) is 209. The molecule has 0 aliphatic carbocycles. The summed E-state index contributed by atoms with van der Waals surface area (Å²) in [6.07, 6.45) is 0. The van der Waals surface area contributed by atoms with Gasteiger partial charge in [0.15, 0.2) is 0 Å². The summed E-state index contributed by atoms with van der Waals surface area (Å²) in [4.78, 5) is 0. The molecular weight excluding hydrogens is 4550 g/mol. The Morgan fingerprint density at radius 2 is 0.0544 bits per heavy atom. The summed E-state index contributed by atoms with van der Waals surface area (Å²) in [6.45, 7) is 0. The van der Waals surface area contributed by atoms with Crippen LogP contribution >= 0.6 is 1170 Å². The van der Waals surface area contributed by atoms with E-state index in [4.69, 9.17) is 0 Å². The molecule has 0 saturated carbocycles. The van der Waals surface area contributed by atoms with Gasteiger partial charge in [-0.1, -0.05) is 1150 Å². The van der Waals surface area contributed by atoms with Gasteiger partial charge in [-0.2, -0.15) is 0 Å². The predicted octanol–water partition coefficient (Wildman–Crippen LogP) is 86.7. The first-order valence-electron chi connectivity index (χ1n) is 36.6. The van der Waals surface area contributed by atoms with E-state index >= 15 is 0 Å². The van der Waals surface area contributed by atoms with E-state index in [-0.39, 0.29) is 0 Å². The zero-order valence-corrected chi connectivity index (χ0v) is 221. The maximum atomic E-state index is 2.94. The predicted molar refractivity (Wildman–Crippen MR) is 1230 cm³/mol. The van der Waals surface area contributed by atoms with E-state index in [1.807, 2.05) is 0 Å². The van der Waals surface area contributed by atoms with Gasteiger partial charge in [0.1, 0.15) is 0 Å². The molecule has 0 aromatic carbocycles. The van der Waals surface area contributed by atoms with E-state index in [1.54, 1.807) is 0 Å². The van der Waals surface area contributed by atoms with Crippen LogP contribution in [0.4, 0.5) is 0 Å². The molecule has 0 bridgehead atoms. The summed E-state index contributed by atoms with van der Waals surface area (Å²) in [6, 6.07) is 0. The Hall–Kier alpha value is 63.2. The molecule has 0 nitrogen and oxygen atoms in total. The van der Waals surface area contributed by atoms with Crippen molar-refractivity contribution in [2.75, 3.05) is 0 Å². The van der Waals surface area contributed by atoms with Crippen LogP contribution in [0.15, 0.2) is 0 Å². The van der Waals surface area contributed by atoms with Gasteiger partial charge in [0.25, 0.3) is 0 Å². The molecule has 0 aliphatic heterocycles. The number of rotatable bonds is 144. The average Bonchev–Trinajstić information content (AvgIpc) is 1.11. The highest BCUT2D eigenvalue weighted by atomic mass is 33.1. The van der Waals surface area contributed by atoms with Gasteiger partial charge in [-0.05, 0) is 0 Å². The lowest BCUT2D eigenvalue weighted by Crippen LogP contribution is -1.14. The molecule has 147 heavy (non-hydrogen) atoms. The second-order valence-corrected chi connectivity index (χ2v) is 490. The van der Waals surface area contributed by atoms with E-state index < -0.39 is 0 Å². The minimum Gasteiger partial charge on any atom is -0.110 e. The van der Waals surface area contributed by atoms with Crippen LogP contribution in [0.2, 0.25) is 0 Å². The number of hydrogen-bond donors (Lipinski definition) is 0. The Bertz CT molecular complexity index is 1720. The summed E-state index contributed by atoms with van der Waals surface area (Å²) >= 11 is 0. The number of hydrogen-bond acceptors (Lipinski definition) is 0. The topological polar surface area (TPSA) is 0 Å². The molecular formula is H149P147. The molecule has 0 amide bonds. The molecule has 0 heterocycles. The zero-order valence-electron chi connectivity index (χ0n) is 73.7. The minimum atomic E-state index is 1.15. The summed E-state index contributed by atoms with van der Waals surface area (Å²) < 4.78 is 0. The Kier molecular flexibility index (Phi) is 299. The molecule has 884 valence electrons. The lowest BCUT2D eigenvalue weighted by atomic mass is 29.0. The third-order valence-electron chi connectivity index (χ3n) is 9.02. The fourth-order valence-corrected chi connectivity index (χ4v) is 1090. The molecule has 146 unspecified atom stereocenters. The lowest BCUT2D eigenvalue weighted by molar-refractivity contribution is 4.92. The van der Waals surface area contributed by atoms with Crippen LogP contribution in [-0.2, 0) is 0 Å². The Morgan fingerprint density at radius 3 is 0.0748 bits per heavy atom. The van der Waals surface area contributed by atoms with Crippen molar-refractivity contribution in [3.63, 3.8) is 0 Å². The second-order valence-electron chi connectivity index (χ2n) is 18.2. The molecule has 0 aliphatic rings. The van der Waals surface area contributed by atoms with Crippen LogP contribution in [0, 0.1) is 0 Å². The standard InChI is InChI=1S/H149P147/c1-3-5-7-9-11-13-15-17-19-21-23-25-27-29-31-33-35-37-39-41-43-45-47-49-51-53-55-57-59-61-63-65-67-69-71-73-75-77-79-81-83-85-87-89-91-93-95-97-99-101-103-105-107-109-111-113-115-117-119-121-123-125-127-129-131-133-135-137-139-141-143-145-147-146-144-142-140-138-136-134-132-130-128-126-124-122-120-118-116-114-112-110-108-106-104-102-100-98-96-94-92-90-88-86-84-82-80-78-76-74-72-70-68-66-64-62-60-58-56-54-52-50-48-46-44-42-40-38-36-34-32-30-28-26-24-22-20-18-16-14-12-10-8-6-4-2/h3-147H,1-2H2. The third kappa shape index (κ3) is 209. The summed E-state index contributed by atoms with van der Waals surface area (Å²) in [5, 5.41) is 0. The molecule has 0 spiro atoms. The van der Waals surface area contributed by atoms with Crippen molar-refractivity contribution in [3.05, 3.63) is 0 Å². The van der Waals surface area contributed by atoms with Crippen molar-refractivity contribution < 1.29 is 0 Å². The van der Waals surface area contributed by atoms with Crippen molar-refractivity contribution in [3.8, 4) is 0 Å². The normalized spacial score (nSPS) is 23.7. The van der Waals surface area contributed by atoms with Gasteiger partial charge < -0.3 is 0 Å². The van der Waals surface area contributed by atoms with Crippen LogP contribution in [0.3, 0.4) is 0 Å². The van der Waals surface area contributed by atoms with Crippen molar-refractivity contribution in [2.24, 2.45) is 0 Å². The largest absolute Gasteiger partial charge is 0.110 e. The van der Waals surface area contributed by atoms with Crippen LogP contribution in [-0.4, -0.2) is 0 Å². The Labute approximate surface area is 1150 Å². The first-order valence-corrected chi connectivity index (χ1v) is 329. The molecule has 0 aromatic heterocycles. The van der Waals surface area contributed by atoms with E-state index in [0.717, 1.165) is 15.9 Å². The molecule has 147 heteroatoms. The van der Waals surface area contributed by atoms with Crippen molar-refractivity contribution >= 4 is 1170 Å². The molecule has 0 fully saturated rings. The SMILES string of the molecule is PPPPPPPPPPPPPPPPPPPPPPPPPPPPPPPPPPPPPPPPPPPPPPPPPPPPPPPPPPPPPPPPPPPPPPPPPPPPPPPPPPPPPPPPPPPPPPPPPPPPPPPPPPPPPPPPPPPPPPPPPPPPPPPPPPPPPPPPPPPPPPPPPPP. The van der Waals surface area contributed by atoms with Gasteiger partial charge in [-0.3, -0.25) is 0 Å². The van der Waals surface area contributed by atoms with Gasteiger partial charge >= 0.3 is 0 Å². The van der Waals surface area contributed by atoms with E-state index in [0.29, 0.717) is 0 Å². The highest BCUT2D eigenvalue weighted by molar-refractivity contribution is 9.06. The van der Waals surface area contributed by atoms with E-state index in [9.17, 15) is 0 Å². The van der Waals surface area contributed by atoms with Crippen LogP contribution < -0.4 is 0 Å². The quantitative estimate of drug-likeness (QED) is 0.0421. The van der Waals surface area contributed by atoms with Gasteiger partial charge in [-0.25, -0.2) is 0 Å². The minimum absolute atomic E-state index is 1.15. The highest BCUT2D eigenvalue weighted by Gasteiger charge is 2.07. The molecule has 0 aromatic rings. The Balaban J connectivity index is 3.11. The van der Waals surface area contributed by atoms with Crippen molar-refractivity contribution in [1.82, 2.24) is 0 Å². The van der Waals surface area contributed by atoms with E-state index in [1.165, 1.54) is 1140 Å². The summed E-state index contributed by atoms with van der Waals surface area (Å²) in [5.74, 6) is 0. The Morgan fingerprint density at radius 1 is 0.0340 bits per heavy atom. The fourth-order valence-electron chi connectivity index (χ4n) is 4.48. The van der Waals surface area contributed by atoms with Crippen LogP contribution in [0.1, 0.15) is 0 Å². The van der Waals surface area contributed by atoms with Crippen LogP contribution in [0.5, 0.6) is 0 Å². The molecule has 0 radical (unpaired) electrons. The molecule has 0 saturated heterocycles. The monoisotopic (exact) mass is 4700 g/mol. The lowest BCUT2D eigenvalue weighted by Gasteiger charge is -2.07. The van der Waals surface area contributed by atoms with Gasteiger partial charge in [-0.15, -0.1) is 17.9 Å². The van der Waals surface area contributed by atoms with Crippen LogP contribution in [0.25, 0.3) is 0 Å². The van der Waals surface area contributed by atoms with Gasteiger partial charge in [0.2, 0.25) is 0 Å². The first-order chi connectivity index (χ1) is 73.4. The molecule has 146 atom stereocenters. The van der Waals surface area contributed by atoms with Crippen molar-refractivity contribution in [1.29, 1.82) is 0 Å². The van der Waals surface area contributed by atoms with Gasteiger partial charge in [0.05, 0.1) is 0 Å². The summed E-state index contributed by atoms with van der Waals surface area (Å²) in [7, 11) is 206. The zero-order chi connectivity index (χ0) is 105. The molecule has 0 N–H and O–H groups in total. The molecule has 0 rings (SSSR count). The maximum absolute atomic E-state index is 2.94. The average molecular weight is 4700 g/mol. The maximum Gasteiger partial charge on any atom is -0.0677 e. The van der Waals surface area contributed by atoms with E-state index in [2.05, 4.69) is 17.9 Å². The fraction of sp³-hybridized carbons (Fsp3) is 0. The summed E-state index contributed by atoms with van der Waals surface area (Å²) in [5.41, 5.74) is 0. The smallest absolute Gasteiger partial charge is 0.0677 e.